The molecule has 2 heterocycles. The van der Waals surface area contributed by atoms with Gasteiger partial charge in [0.25, 0.3) is 0 Å². The summed E-state index contributed by atoms with van der Waals surface area (Å²) < 4.78 is 5.45. The van der Waals surface area contributed by atoms with E-state index in [4.69, 9.17) is 10.3 Å². The molecule has 1 aromatic heterocycles. The van der Waals surface area contributed by atoms with Gasteiger partial charge in [0.2, 0.25) is 5.89 Å². The fourth-order valence-corrected chi connectivity index (χ4v) is 3.07. The Morgan fingerprint density at radius 2 is 2.00 bits per heavy atom. The highest BCUT2D eigenvalue weighted by Crippen LogP contribution is 2.38. The van der Waals surface area contributed by atoms with Gasteiger partial charge in [-0.1, -0.05) is 11.6 Å². The van der Waals surface area contributed by atoms with Crippen molar-refractivity contribution in [2.24, 2.45) is 5.73 Å². The topological polar surface area (TPSA) is 64.9 Å². The average molecular weight is 269 g/mol. The highest BCUT2D eigenvalue weighted by atomic mass is 32.2. The predicted molar refractivity (Wildman–Crippen MR) is 74.6 cm³/mol. The second-order valence-electron chi connectivity index (χ2n) is 6.16. The Morgan fingerprint density at radius 3 is 2.56 bits per heavy atom. The summed E-state index contributed by atoms with van der Waals surface area (Å²) >= 11 is 1.93. The van der Waals surface area contributed by atoms with E-state index in [2.05, 4.69) is 24.0 Å². The van der Waals surface area contributed by atoms with Gasteiger partial charge in [-0.15, -0.1) is 0 Å². The molecule has 2 rings (SSSR count). The van der Waals surface area contributed by atoms with E-state index in [1.54, 1.807) is 0 Å². The molecule has 1 aliphatic rings. The zero-order valence-corrected chi connectivity index (χ0v) is 12.5. The molecule has 102 valence electrons. The molecule has 4 nitrogen and oxygen atoms in total. The van der Waals surface area contributed by atoms with Gasteiger partial charge >= 0.3 is 0 Å². The van der Waals surface area contributed by atoms with Crippen molar-refractivity contribution in [3.8, 4) is 0 Å². The highest BCUT2D eigenvalue weighted by molar-refractivity contribution is 7.99. The summed E-state index contributed by atoms with van der Waals surface area (Å²) in [5.74, 6) is 2.68. The van der Waals surface area contributed by atoms with Crippen molar-refractivity contribution in [1.29, 1.82) is 0 Å². The monoisotopic (exact) mass is 269 g/mol. The normalized spacial score (nSPS) is 22.2. The number of thioether (sulfide) groups is 1. The molecule has 1 aromatic rings. The fraction of sp³-hybridized carbons (Fsp3) is 0.846. The van der Waals surface area contributed by atoms with E-state index in [9.17, 15) is 0 Å². The molecule has 5 heteroatoms. The van der Waals surface area contributed by atoms with Crippen LogP contribution >= 0.6 is 11.8 Å². The molecule has 0 aliphatic carbocycles. The Labute approximate surface area is 113 Å². The van der Waals surface area contributed by atoms with Gasteiger partial charge in [-0.25, -0.2) is 0 Å². The molecule has 0 spiro atoms. The number of rotatable bonds is 3. The first-order chi connectivity index (χ1) is 8.32. The van der Waals surface area contributed by atoms with Crippen LogP contribution in [0.5, 0.6) is 0 Å². The first-order valence-electron chi connectivity index (χ1n) is 6.57. The lowest BCUT2D eigenvalue weighted by molar-refractivity contribution is 0.222. The molecular formula is C13H23N3OS. The Morgan fingerprint density at radius 1 is 1.28 bits per heavy atom. The molecule has 0 aromatic carbocycles. The van der Waals surface area contributed by atoms with Crippen molar-refractivity contribution in [3.63, 3.8) is 0 Å². The van der Waals surface area contributed by atoms with Gasteiger partial charge in [0.05, 0.1) is 10.7 Å². The van der Waals surface area contributed by atoms with Crippen LogP contribution in [0, 0.1) is 0 Å². The molecule has 1 saturated heterocycles. The minimum absolute atomic E-state index is 0.322. The Bertz CT molecular complexity index is 403. The Kier molecular flexibility index (Phi) is 3.74. The number of hydrogen-bond donors (Lipinski definition) is 1. The van der Waals surface area contributed by atoms with Crippen LogP contribution in [0.4, 0.5) is 0 Å². The van der Waals surface area contributed by atoms with Crippen LogP contribution in [0.3, 0.4) is 0 Å². The van der Waals surface area contributed by atoms with Gasteiger partial charge < -0.3 is 10.3 Å². The average Bonchev–Trinajstić information content (AvgIpc) is 2.78. The number of hydrogen-bond acceptors (Lipinski definition) is 5. The second kappa shape index (κ2) is 4.85. The smallest absolute Gasteiger partial charge is 0.234 e. The van der Waals surface area contributed by atoms with Crippen LogP contribution < -0.4 is 5.73 Å². The van der Waals surface area contributed by atoms with Gasteiger partial charge in [-0.2, -0.15) is 16.7 Å². The predicted octanol–water partition coefficient (Wildman–Crippen LogP) is 3.04. The molecule has 0 bridgehead atoms. The van der Waals surface area contributed by atoms with E-state index >= 15 is 0 Å². The summed E-state index contributed by atoms with van der Waals surface area (Å²) in [6, 6.07) is 0. The molecule has 0 saturated carbocycles. The van der Waals surface area contributed by atoms with E-state index in [1.165, 1.54) is 18.6 Å². The molecule has 1 atom stereocenters. The van der Waals surface area contributed by atoms with Crippen LogP contribution in [0.1, 0.15) is 63.9 Å². The Hall–Kier alpha value is -0.550. The van der Waals surface area contributed by atoms with Crippen LogP contribution in [0.2, 0.25) is 0 Å². The van der Waals surface area contributed by atoms with E-state index in [0.29, 0.717) is 11.1 Å². The second-order valence-corrected chi connectivity index (χ2v) is 7.47. The number of nitrogens with zero attached hydrogens (tertiary/aromatic N) is 2. The summed E-state index contributed by atoms with van der Waals surface area (Å²) in [5.41, 5.74) is 5.49. The van der Waals surface area contributed by atoms with E-state index in [-0.39, 0.29) is 5.41 Å². The van der Waals surface area contributed by atoms with Crippen LogP contribution in [0.25, 0.3) is 0 Å². The minimum atomic E-state index is -0.392. The van der Waals surface area contributed by atoms with Crippen molar-refractivity contribution < 1.29 is 4.52 Å². The first kappa shape index (κ1) is 13.9. The SMILES string of the molecule is CC(C)(N)C(C)(C)c1nc(C2CCCCS2)no1. The fourth-order valence-electron chi connectivity index (χ4n) is 1.84. The third kappa shape index (κ3) is 2.57. The lowest BCUT2D eigenvalue weighted by Crippen LogP contribution is -2.50. The summed E-state index contributed by atoms with van der Waals surface area (Å²) in [5, 5.41) is 4.55. The van der Waals surface area contributed by atoms with Crippen LogP contribution in [-0.4, -0.2) is 21.4 Å². The molecule has 1 unspecified atom stereocenters. The maximum Gasteiger partial charge on any atom is 0.234 e. The van der Waals surface area contributed by atoms with E-state index in [0.717, 1.165) is 12.2 Å². The van der Waals surface area contributed by atoms with Crippen molar-refractivity contribution in [2.75, 3.05) is 5.75 Å². The third-order valence-corrected chi connectivity index (χ3v) is 5.43. The van der Waals surface area contributed by atoms with Crippen LogP contribution in [-0.2, 0) is 5.41 Å². The minimum Gasteiger partial charge on any atom is -0.339 e. The zero-order chi connectivity index (χ0) is 13.4. The van der Waals surface area contributed by atoms with Gasteiger partial charge in [-0.05, 0) is 46.3 Å². The maximum atomic E-state index is 6.20. The van der Waals surface area contributed by atoms with Crippen molar-refractivity contribution in [1.82, 2.24) is 10.1 Å². The lowest BCUT2D eigenvalue weighted by Gasteiger charge is -2.34. The first-order valence-corrected chi connectivity index (χ1v) is 7.62. The molecule has 0 radical (unpaired) electrons. The summed E-state index contributed by atoms with van der Waals surface area (Å²) in [4.78, 5) is 4.59. The van der Waals surface area contributed by atoms with Crippen molar-refractivity contribution in [3.05, 3.63) is 11.7 Å². The third-order valence-electron chi connectivity index (χ3n) is 4.05. The summed E-state index contributed by atoms with van der Waals surface area (Å²) in [6.45, 7) is 8.09. The molecule has 2 N–H and O–H groups in total. The van der Waals surface area contributed by atoms with Crippen molar-refractivity contribution >= 4 is 11.8 Å². The molecule has 0 amide bonds. The maximum absolute atomic E-state index is 6.20. The molecule has 1 fully saturated rings. The number of aromatic nitrogens is 2. The van der Waals surface area contributed by atoms with Crippen molar-refractivity contribution in [2.45, 2.75) is 63.2 Å². The van der Waals surface area contributed by atoms with E-state index < -0.39 is 5.54 Å². The number of nitrogens with two attached hydrogens (primary N) is 1. The van der Waals surface area contributed by atoms with Crippen LogP contribution in [0.15, 0.2) is 4.52 Å². The standard InChI is InChI=1S/C13H23N3OS/c1-12(2,13(3,4)14)11-15-10(16-17-11)9-7-5-6-8-18-9/h9H,5-8,14H2,1-4H3. The molecular weight excluding hydrogens is 246 g/mol. The van der Waals surface area contributed by atoms with Gasteiger partial charge in [0.1, 0.15) is 0 Å². The lowest BCUT2D eigenvalue weighted by atomic mass is 9.75. The summed E-state index contributed by atoms with van der Waals surface area (Å²) in [6.07, 6.45) is 3.70. The zero-order valence-electron chi connectivity index (χ0n) is 11.7. The Balaban J connectivity index is 2.19. The summed E-state index contributed by atoms with van der Waals surface area (Å²) in [7, 11) is 0. The van der Waals surface area contributed by atoms with E-state index in [1.807, 2.05) is 25.6 Å². The molecule has 1 aliphatic heterocycles. The highest BCUT2D eigenvalue weighted by Gasteiger charge is 2.40. The van der Waals surface area contributed by atoms with Gasteiger partial charge in [-0.3, -0.25) is 0 Å². The largest absolute Gasteiger partial charge is 0.339 e. The quantitative estimate of drug-likeness (QED) is 0.913. The van der Waals surface area contributed by atoms with Gasteiger partial charge in [0.15, 0.2) is 5.82 Å². The van der Waals surface area contributed by atoms with Gasteiger partial charge in [0, 0.05) is 5.54 Å². The molecule has 18 heavy (non-hydrogen) atoms.